The van der Waals surface area contributed by atoms with Gasteiger partial charge in [0.1, 0.15) is 19.0 Å². The summed E-state index contributed by atoms with van der Waals surface area (Å²) in [5.41, 5.74) is 2.94. The van der Waals surface area contributed by atoms with Crippen LogP contribution in [0.25, 0.3) is 21.9 Å². The van der Waals surface area contributed by atoms with Crippen molar-refractivity contribution in [2.75, 3.05) is 0 Å². The molecule has 0 aliphatic carbocycles. The normalized spacial score (nSPS) is 11.3. The van der Waals surface area contributed by atoms with Gasteiger partial charge in [-0.15, -0.1) is 0 Å². The molecule has 0 fully saturated rings. The summed E-state index contributed by atoms with van der Waals surface area (Å²) in [6.45, 7) is 0. The average molecular weight is 214 g/mol. The molecule has 0 amide bonds. The van der Waals surface area contributed by atoms with Gasteiger partial charge in [-0.2, -0.15) is 0 Å². The maximum atomic E-state index is 6.16. The lowest BCUT2D eigenvalue weighted by Gasteiger charge is -1.92. The van der Waals surface area contributed by atoms with E-state index in [4.69, 9.17) is 16.0 Å². The number of halogens is 1. The van der Waals surface area contributed by atoms with Crippen molar-refractivity contribution >= 4 is 46.8 Å². The van der Waals surface area contributed by atoms with Crippen molar-refractivity contribution in [1.29, 1.82) is 0 Å². The van der Waals surface area contributed by atoms with Crippen LogP contribution in [0.15, 0.2) is 40.8 Å². The van der Waals surface area contributed by atoms with Gasteiger partial charge in [0.15, 0.2) is 0 Å². The van der Waals surface area contributed by atoms with Gasteiger partial charge in [-0.25, -0.2) is 0 Å². The molecule has 2 aromatic carbocycles. The zero-order chi connectivity index (χ0) is 10.4. The van der Waals surface area contributed by atoms with Crippen molar-refractivity contribution in [2.24, 2.45) is 0 Å². The van der Waals surface area contributed by atoms with E-state index in [-0.39, 0.29) is 0 Å². The Morgan fingerprint density at radius 3 is 2.80 bits per heavy atom. The minimum absolute atomic E-state index is 0.745. The molecule has 0 aliphatic rings. The molecule has 1 heterocycles. The fourth-order valence-electron chi connectivity index (χ4n) is 1.89. The smallest absolute Gasteiger partial charge is 0.139 e. The number of hydrogen-bond acceptors (Lipinski definition) is 1. The zero-order valence-electron chi connectivity index (χ0n) is 8.25. The lowest BCUT2D eigenvalue weighted by molar-refractivity contribution is 0.669. The van der Waals surface area contributed by atoms with Crippen LogP contribution < -0.4 is 5.46 Å². The first-order chi connectivity index (χ1) is 7.25. The van der Waals surface area contributed by atoms with E-state index >= 15 is 0 Å². The first-order valence-corrected chi connectivity index (χ1v) is 5.21. The largest absolute Gasteiger partial charge is 0.456 e. The molecule has 1 nitrogen and oxygen atoms in total. The van der Waals surface area contributed by atoms with Crippen LogP contribution in [-0.2, 0) is 0 Å². The Morgan fingerprint density at radius 1 is 1.07 bits per heavy atom. The van der Waals surface area contributed by atoms with Crippen molar-refractivity contribution in [2.45, 2.75) is 0 Å². The third-order valence-corrected chi connectivity index (χ3v) is 2.92. The summed E-state index contributed by atoms with van der Waals surface area (Å²) >= 11 is 6.16. The van der Waals surface area contributed by atoms with E-state index in [0.29, 0.717) is 0 Å². The van der Waals surface area contributed by atoms with Crippen LogP contribution in [0.5, 0.6) is 0 Å². The Labute approximate surface area is 93.0 Å². The van der Waals surface area contributed by atoms with E-state index in [2.05, 4.69) is 12.1 Å². The van der Waals surface area contributed by atoms with Crippen molar-refractivity contribution in [1.82, 2.24) is 0 Å². The summed E-state index contributed by atoms with van der Waals surface area (Å²) in [6, 6.07) is 11.9. The highest BCUT2D eigenvalue weighted by atomic mass is 35.5. The highest BCUT2D eigenvalue weighted by molar-refractivity contribution is 6.38. The molecule has 0 aliphatic heterocycles. The van der Waals surface area contributed by atoms with E-state index < -0.39 is 0 Å². The first-order valence-electron chi connectivity index (χ1n) is 4.83. The summed E-state index contributed by atoms with van der Waals surface area (Å²) in [5, 5.41) is 2.84. The molecule has 15 heavy (non-hydrogen) atoms. The van der Waals surface area contributed by atoms with Crippen molar-refractivity contribution < 1.29 is 4.42 Å². The van der Waals surface area contributed by atoms with Gasteiger partial charge in [0, 0.05) is 10.8 Å². The highest BCUT2D eigenvalue weighted by Gasteiger charge is 2.08. The predicted molar refractivity (Wildman–Crippen MR) is 66.9 cm³/mol. The van der Waals surface area contributed by atoms with E-state index in [1.165, 1.54) is 5.46 Å². The summed E-state index contributed by atoms with van der Waals surface area (Å²) in [7, 11) is 2.05. The lowest BCUT2D eigenvalue weighted by atomic mass is 9.95. The second kappa shape index (κ2) is 3.04. The topological polar surface area (TPSA) is 13.1 Å². The molecule has 0 unspecified atom stereocenters. The van der Waals surface area contributed by atoms with Crippen LogP contribution in [0, 0.1) is 0 Å². The number of rotatable bonds is 0. The van der Waals surface area contributed by atoms with Crippen LogP contribution in [0.3, 0.4) is 0 Å². The summed E-state index contributed by atoms with van der Waals surface area (Å²) in [6.07, 6.45) is 0. The van der Waals surface area contributed by atoms with Gasteiger partial charge in [0.25, 0.3) is 0 Å². The Bertz CT molecular complexity index is 657. The minimum Gasteiger partial charge on any atom is -0.456 e. The summed E-state index contributed by atoms with van der Waals surface area (Å²) in [4.78, 5) is 0. The summed E-state index contributed by atoms with van der Waals surface area (Å²) in [5.74, 6) is 0. The molecule has 1 aromatic heterocycles. The van der Waals surface area contributed by atoms with Crippen LogP contribution >= 0.6 is 11.6 Å². The Balaban J connectivity index is 2.59. The molecule has 3 heteroatoms. The Morgan fingerprint density at radius 2 is 1.93 bits per heavy atom. The molecule has 3 aromatic rings. The first kappa shape index (κ1) is 8.87. The Kier molecular flexibility index (Phi) is 1.80. The van der Waals surface area contributed by atoms with Gasteiger partial charge in [0.2, 0.25) is 0 Å². The summed E-state index contributed by atoms with van der Waals surface area (Å²) < 4.78 is 5.73. The van der Waals surface area contributed by atoms with Crippen LogP contribution in [0.1, 0.15) is 0 Å². The molecule has 0 atom stereocenters. The van der Waals surface area contributed by atoms with Crippen molar-refractivity contribution in [3.05, 3.63) is 41.4 Å². The van der Waals surface area contributed by atoms with Gasteiger partial charge in [-0.05, 0) is 18.2 Å². The second-order valence-electron chi connectivity index (χ2n) is 3.71. The van der Waals surface area contributed by atoms with Gasteiger partial charge < -0.3 is 4.42 Å². The highest BCUT2D eigenvalue weighted by Crippen LogP contribution is 2.32. The molecule has 0 saturated carbocycles. The van der Waals surface area contributed by atoms with E-state index in [9.17, 15) is 0 Å². The third kappa shape index (κ3) is 1.25. The van der Waals surface area contributed by atoms with Gasteiger partial charge in [0.05, 0.1) is 5.02 Å². The minimum atomic E-state index is 0.745. The molecule has 0 N–H and O–H groups in total. The van der Waals surface area contributed by atoms with Crippen LogP contribution in [0.4, 0.5) is 0 Å². The van der Waals surface area contributed by atoms with Gasteiger partial charge in [-0.3, -0.25) is 0 Å². The fourth-order valence-corrected chi connectivity index (χ4v) is 2.16. The average Bonchev–Trinajstić information content (AvgIpc) is 2.56. The zero-order valence-corrected chi connectivity index (χ0v) is 9.01. The van der Waals surface area contributed by atoms with E-state index in [1.54, 1.807) is 0 Å². The second-order valence-corrected chi connectivity index (χ2v) is 4.12. The monoisotopic (exact) mass is 214 g/mol. The SMILES string of the molecule is Bc1ccc2c(c1)oc1cccc(Cl)c12. The molecule has 72 valence electrons. The fraction of sp³-hybridized carbons (Fsp3) is 0. The maximum absolute atomic E-state index is 6.16. The van der Waals surface area contributed by atoms with Crippen molar-refractivity contribution in [3.8, 4) is 0 Å². The molecule has 0 bridgehead atoms. The number of hydrogen-bond donors (Lipinski definition) is 0. The standard InChI is InChI=1S/C12H8BClO/c13-7-4-5-8-11(6-7)15-10-3-1-2-9(14)12(8)10/h1-6H,13H2. The van der Waals surface area contributed by atoms with E-state index in [1.807, 2.05) is 32.1 Å². The lowest BCUT2D eigenvalue weighted by Crippen LogP contribution is -1.98. The molecular weight excluding hydrogens is 206 g/mol. The number of benzene rings is 2. The van der Waals surface area contributed by atoms with Gasteiger partial charge in [-0.1, -0.05) is 35.3 Å². The van der Waals surface area contributed by atoms with E-state index in [0.717, 1.165) is 27.0 Å². The molecular formula is C12H8BClO. The molecule has 0 radical (unpaired) electrons. The molecule has 0 saturated heterocycles. The van der Waals surface area contributed by atoms with Crippen LogP contribution in [-0.4, -0.2) is 7.85 Å². The Hall–Kier alpha value is -1.41. The predicted octanol–water partition coefficient (Wildman–Crippen LogP) is 2.50. The molecule has 3 rings (SSSR count). The molecule has 0 spiro atoms. The van der Waals surface area contributed by atoms with Gasteiger partial charge >= 0.3 is 0 Å². The quantitative estimate of drug-likeness (QED) is 0.524. The number of furan rings is 1. The third-order valence-electron chi connectivity index (χ3n) is 2.60. The number of fused-ring (bicyclic) bond motifs is 3. The maximum Gasteiger partial charge on any atom is 0.139 e. The van der Waals surface area contributed by atoms with Crippen LogP contribution in [0.2, 0.25) is 5.02 Å². The van der Waals surface area contributed by atoms with Crippen molar-refractivity contribution in [3.63, 3.8) is 0 Å².